The van der Waals surface area contributed by atoms with Crippen LogP contribution >= 0.6 is 0 Å². The fraction of sp³-hybridized carbons (Fsp3) is 0. The minimum Gasteiger partial charge on any atom is -0.356 e. The van der Waals surface area contributed by atoms with E-state index in [-0.39, 0.29) is 29.2 Å². The van der Waals surface area contributed by atoms with Crippen molar-refractivity contribution in [1.82, 2.24) is 0 Å². The van der Waals surface area contributed by atoms with Crippen molar-refractivity contribution in [3.8, 4) is 0 Å². The van der Waals surface area contributed by atoms with Gasteiger partial charge >= 0.3 is 29.2 Å². The summed E-state index contributed by atoms with van der Waals surface area (Å²) in [6.07, 6.45) is 0. The smallest absolute Gasteiger partial charge is 0.356 e. The maximum atomic E-state index is 8.25. The first-order valence-corrected chi connectivity index (χ1v) is 1.64. The summed E-state index contributed by atoms with van der Waals surface area (Å²) < 4.78 is 0. The van der Waals surface area contributed by atoms with Gasteiger partial charge in [-0.1, -0.05) is 0 Å². The molecular weight excluding hydrogens is 430 g/mol. The second kappa shape index (κ2) is 16.9. The van der Waals surface area contributed by atoms with Gasteiger partial charge in [-0.25, -0.2) is 0 Å². The van der Waals surface area contributed by atoms with Gasteiger partial charge in [0.05, 0.1) is 15.3 Å². The number of hydrogen-bond donors (Lipinski definition) is 0. The molecule has 0 aliphatic heterocycles. The predicted octanol–water partition coefficient (Wildman–Crippen LogP) is -0.717. The van der Waals surface area contributed by atoms with Crippen molar-refractivity contribution in [3.63, 3.8) is 0 Å². The van der Waals surface area contributed by atoms with Gasteiger partial charge in [0.15, 0.2) is 0 Å². The van der Waals surface area contributed by atoms with E-state index in [4.69, 9.17) is 46.0 Å². The van der Waals surface area contributed by atoms with Gasteiger partial charge in [0.2, 0.25) is 0 Å². The largest absolute Gasteiger partial charge is 3.00 e. The molecule has 0 aromatic rings. The van der Waals surface area contributed by atoms with Crippen LogP contribution < -0.4 is 0 Å². The molecule has 0 spiro atoms. The third-order valence-corrected chi connectivity index (χ3v) is 0. The minimum atomic E-state index is -1.75. The SMILES string of the molecule is O=[N+]([O-])[O-].O=[N+]([O-])[O-].O=[N+]([O-])[O-].[Pu+3]. The van der Waals surface area contributed by atoms with Crippen LogP contribution in [0.25, 0.3) is 0 Å². The predicted molar refractivity (Wildman–Crippen MR) is 31.1 cm³/mol. The quantitative estimate of drug-likeness (QED) is 0.351. The van der Waals surface area contributed by atoms with Crippen LogP contribution in [0.15, 0.2) is 0 Å². The van der Waals surface area contributed by atoms with Gasteiger partial charge in [-0.05, 0) is 0 Å². The molecule has 0 saturated heterocycles. The molecule has 0 atom stereocenters. The minimum absolute atomic E-state index is 0. The first-order valence-electron chi connectivity index (χ1n) is 1.64. The molecular formula is N3O9Pu. The molecule has 0 N–H and O–H groups in total. The molecule has 0 aliphatic rings. The summed E-state index contributed by atoms with van der Waals surface area (Å²) in [6, 6.07) is 0. The van der Waals surface area contributed by atoms with Crippen molar-refractivity contribution in [2.45, 2.75) is 0 Å². The molecule has 0 aromatic carbocycles. The van der Waals surface area contributed by atoms with Crippen molar-refractivity contribution in [2.75, 3.05) is 0 Å². The molecule has 0 aliphatic carbocycles. The van der Waals surface area contributed by atoms with E-state index >= 15 is 0 Å². The Bertz CT molecular complexity index is 112. The maximum absolute atomic E-state index is 8.25. The zero-order valence-electron chi connectivity index (χ0n) is 5.42. The second-order valence-corrected chi connectivity index (χ2v) is 0.671. The summed E-state index contributed by atoms with van der Waals surface area (Å²) in [5.41, 5.74) is 0. The summed E-state index contributed by atoms with van der Waals surface area (Å²) >= 11 is 0. The Labute approximate surface area is 90.6 Å². The van der Waals surface area contributed by atoms with Gasteiger partial charge in [0, 0.05) is 0 Å². The summed E-state index contributed by atoms with van der Waals surface area (Å²) in [4.78, 5) is 24.8. The first-order chi connectivity index (χ1) is 5.20. The van der Waals surface area contributed by atoms with Gasteiger partial charge in [-0.15, -0.1) is 0 Å². The Morgan fingerprint density at radius 1 is 0.538 bits per heavy atom. The van der Waals surface area contributed by atoms with E-state index in [9.17, 15) is 0 Å². The van der Waals surface area contributed by atoms with E-state index in [2.05, 4.69) is 0 Å². The fourth-order valence-electron chi connectivity index (χ4n) is 0. The van der Waals surface area contributed by atoms with Crippen molar-refractivity contribution < 1.29 is 44.4 Å². The Morgan fingerprint density at radius 3 is 0.538 bits per heavy atom. The topological polar surface area (TPSA) is 199 Å². The normalized spacial score (nSPS) is 5.54. The zero-order valence-corrected chi connectivity index (χ0v) is 8.82. The molecule has 75 valence electrons. The molecule has 1 radical (unpaired) electrons. The van der Waals surface area contributed by atoms with Crippen molar-refractivity contribution in [2.24, 2.45) is 0 Å². The van der Waals surface area contributed by atoms with Crippen LogP contribution in [-0.4, -0.2) is 15.3 Å². The number of nitrogens with zero attached hydrogens (tertiary/aromatic N) is 3. The Morgan fingerprint density at radius 2 is 0.538 bits per heavy atom. The van der Waals surface area contributed by atoms with Crippen LogP contribution in [0.2, 0.25) is 0 Å². The maximum Gasteiger partial charge on any atom is 3.00 e. The van der Waals surface area contributed by atoms with Crippen molar-refractivity contribution in [1.29, 1.82) is 0 Å². The molecule has 12 nitrogen and oxygen atoms in total. The molecule has 0 heterocycles. The van der Waals surface area contributed by atoms with Crippen LogP contribution in [0.5, 0.6) is 0 Å². The zero-order chi connectivity index (χ0) is 10.7. The van der Waals surface area contributed by atoms with Gasteiger partial charge in [-0.2, -0.15) is 0 Å². The Hall–Kier alpha value is -1.41. The molecule has 0 rings (SSSR count). The molecule has 0 fully saturated rings. The Balaban J connectivity index is -0.0000000450. The summed E-state index contributed by atoms with van der Waals surface area (Å²) in [5.74, 6) is 0. The molecule has 0 unspecified atom stereocenters. The van der Waals surface area contributed by atoms with E-state index < -0.39 is 15.3 Å². The monoisotopic (exact) mass is 424 g/mol. The third kappa shape index (κ3) is 391. The van der Waals surface area contributed by atoms with E-state index in [1.54, 1.807) is 0 Å². The molecule has 0 aromatic heterocycles. The van der Waals surface area contributed by atoms with E-state index in [1.807, 2.05) is 0 Å². The van der Waals surface area contributed by atoms with Crippen LogP contribution in [0, 0.1) is 75.1 Å². The van der Waals surface area contributed by atoms with Crippen LogP contribution in [0.4, 0.5) is 0 Å². The summed E-state index contributed by atoms with van der Waals surface area (Å²) in [7, 11) is 0. The molecule has 0 amide bonds. The number of hydrogen-bond acceptors (Lipinski definition) is 9. The molecule has 13 heavy (non-hydrogen) atoms. The van der Waals surface area contributed by atoms with Gasteiger partial charge in [0.1, 0.15) is 0 Å². The molecule has 0 bridgehead atoms. The standard InChI is InChI=1S/3NO3.Pu/c3*2-1(3)4;/q3*-1;+3. The van der Waals surface area contributed by atoms with Crippen molar-refractivity contribution >= 4 is 0 Å². The second-order valence-electron chi connectivity index (χ2n) is 0.671. The fourth-order valence-corrected chi connectivity index (χ4v) is 0. The van der Waals surface area contributed by atoms with Gasteiger partial charge < -0.3 is 46.0 Å². The van der Waals surface area contributed by atoms with E-state index in [0.29, 0.717) is 0 Å². The summed E-state index contributed by atoms with van der Waals surface area (Å²) in [6.45, 7) is 0. The first kappa shape index (κ1) is 22.6. The molecule has 13 heteroatoms. The average Bonchev–Trinajstić information content (AvgIpc) is 1.54. The summed E-state index contributed by atoms with van der Waals surface area (Å²) in [5, 5.41) is 44.2. The van der Waals surface area contributed by atoms with Crippen molar-refractivity contribution in [3.05, 3.63) is 46.0 Å². The van der Waals surface area contributed by atoms with Crippen LogP contribution in [-0.2, 0) is 0 Å². The number of rotatable bonds is 0. The van der Waals surface area contributed by atoms with E-state index in [0.717, 1.165) is 0 Å². The average molecular weight is 430 g/mol. The molecule has 0 saturated carbocycles. The van der Waals surface area contributed by atoms with Gasteiger partial charge in [0.25, 0.3) is 0 Å². The van der Waals surface area contributed by atoms with Crippen LogP contribution in [0.3, 0.4) is 0 Å². The van der Waals surface area contributed by atoms with E-state index in [1.165, 1.54) is 0 Å². The van der Waals surface area contributed by atoms with Crippen LogP contribution in [0.1, 0.15) is 0 Å². The van der Waals surface area contributed by atoms with Gasteiger partial charge in [-0.3, -0.25) is 0 Å². The Kier molecular flexibility index (Phi) is 29.3. The third-order valence-electron chi connectivity index (χ3n) is 0.